The summed E-state index contributed by atoms with van der Waals surface area (Å²) in [5.74, 6) is 0.653. The van der Waals surface area contributed by atoms with E-state index in [-0.39, 0.29) is 5.56 Å². The Hall–Kier alpha value is -1.53. The highest BCUT2D eigenvalue weighted by molar-refractivity contribution is 9.10. The van der Waals surface area contributed by atoms with Gasteiger partial charge in [-0.2, -0.15) is 0 Å². The summed E-state index contributed by atoms with van der Waals surface area (Å²) < 4.78 is 2.49. The minimum absolute atomic E-state index is 0.0123. The SMILES string of the molecule is CC(C)(C)[C@@H]1CCc2c(sc3nnn(Cc4cccc(Br)c4)c(=O)c23)C1. The lowest BCUT2D eigenvalue weighted by atomic mass is 9.72. The summed E-state index contributed by atoms with van der Waals surface area (Å²) in [4.78, 5) is 15.2. The molecule has 0 amide bonds. The average Bonchev–Trinajstić information content (AvgIpc) is 2.95. The Kier molecular flexibility index (Phi) is 4.51. The second-order valence-corrected chi connectivity index (χ2v) is 10.2. The fourth-order valence-electron chi connectivity index (χ4n) is 3.78. The van der Waals surface area contributed by atoms with Gasteiger partial charge in [-0.25, -0.2) is 4.68 Å². The summed E-state index contributed by atoms with van der Waals surface area (Å²) in [6.07, 6.45) is 3.15. The molecule has 1 aliphatic rings. The molecule has 0 unspecified atom stereocenters. The number of hydrogen-bond acceptors (Lipinski definition) is 4. The Morgan fingerprint density at radius 3 is 2.88 bits per heavy atom. The highest BCUT2D eigenvalue weighted by Gasteiger charge is 2.31. The summed E-state index contributed by atoms with van der Waals surface area (Å²) in [7, 11) is 0. The zero-order chi connectivity index (χ0) is 18.5. The molecule has 0 fully saturated rings. The van der Waals surface area contributed by atoms with E-state index in [0.29, 0.717) is 17.9 Å². The van der Waals surface area contributed by atoms with Crippen LogP contribution in [0.3, 0.4) is 0 Å². The molecular formula is C20H22BrN3OS. The largest absolute Gasteiger partial charge is 0.279 e. The van der Waals surface area contributed by atoms with Crippen LogP contribution in [0.1, 0.15) is 43.2 Å². The second-order valence-electron chi connectivity index (χ2n) is 8.17. The smallest absolute Gasteiger partial charge is 0.267 e. The highest BCUT2D eigenvalue weighted by Crippen LogP contribution is 2.41. The molecule has 1 aromatic carbocycles. The molecule has 0 bridgehead atoms. The van der Waals surface area contributed by atoms with Crippen LogP contribution < -0.4 is 5.56 Å². The van der Waals surface area contributed by atoms with Crippen molar-refractivity contribution in [1.82, 2.24) is 15.0 Å². The van der Waals surface area contributed by atoms with Gasteiger partial charge in [-0.3, -0.25) is 4.79 Å². The molecule has 0 aliphatic heterocycles. The number of fused-ring (bicyclic) bond motifs is 3. The number of nitrogens with zero attached hydrogens (tertiary/aromatic N) is 3. The number of aryl methyl sites for hydroxylation is 1. The van der Waals surface area contributed by atoms with Crippen molar-refractivity contribution >= 4 is 37.5 Å². The number of aromatic nitrogens is 3. The molecule has 6 heteroatoms. The molecule has 0 saturated carbocycles. The Morgan fingerprint density at radius 2 is 2.15 bits per heavy atom. The van der Waals surface area contributed by atoms with Crippen molar-refractivity contribution in [3.05, 3.63) is 55.1 Å². The van der Waals surface area contributed by atoms with E-state index < -0.39 is 0 Å². The van der Waals surface area contributed by atoms with Gasteiger partial charge in [-0.15, -0.1) is 16.4 Å². The van der Waals surface area contributed by atoms with E-state index in [0.717, 1.165) is 39.5 Å². The van der Waals surface area contributed by atoms with Crippen LogP contribution in [0.2, 0.25) is 0 Å². The first-order valence-corrected chi connectivity index (χ1v) is 10.6. The van der Waals surface area contributed by atoms with E-state index in [1.807, 2.05) is 24.3 Å². The van der Waals surface area contributed by atoms with Crippen LogP contribution >= 0.6 is 27.3 Å². The van der Waals surface area contributed by atoms with Gasteiger partial charge in [0.2, 0.25) is 0 Å². The third kappa shape index (κ3) is 3.25. The van der Waals surface area contributed by atoms with Crippen molar-refractivity contribution in [2.45, 2.75) is 46.6 Å². The molecule has 1 atom stereocenters. The zero-order valence-corrected chi connectivity index (χ0v) is 17.7. The predicted molar refractivity (Wildman–Crippen MR) is 110 cm³/mol. The van der Waals surface area contributed by atoms with Crippen LogP contribution in [0.25, 0.3) is 10.2 Å². The average molecular weight is 432 g/mol. The first-order chi connectivity index (χ1) is 12.3. The third-order valence-corrected chi connectivity index (χ3v) is 7.02. The minimum Gasteiger partial charge on any atom is -0.267 e. The zero-order valence-electron chi connectivity index (χ0n) is 15.3. The van der Waals surface area contributed by atoms with Crippen molar-refractivity contribution in [2.75, 3.05) is 0 Å². The molecule has 0 N–H and O–H groups in total. The van der Waals surface area contributed by atoms with Gasteiger partial charge in [-0.05, 0) is 53.9 Å². The molecule has 0 saturated heterocycles. The molecule has 4 rings (SSSR count). The summed E-state index contributed by atoms with van der Waals surface area (Å²) in [6, 6.07) is 7.95. The molecule has 2 heterocycles. The van der Waals surface area contributed by atoms with Crippen LogP contribution in [-0.4, -0.2) is 15.0 Å². The van der Waals surface area contributed by atoms with Crippen LogP contribution in [0.4, 0.5) is 0 Å². The van der Waals surface area contributed by atoms with Crippen molar-refractivity contribution < 1.29 is 0 Å². The van der Waals surface area contributed by atoms with E-state index in [1.54, 1.807) is 11.3 Å². The van der Waals surface area contributed by atoms with Crippen molar-refractivity contribution in [3.8, 4) is 0 Å². The predicted octanol–water partition coefficient (Wildman–Crippen LogP) is 4.81. The van der Waals surface area contributed by atoms with Gasteiger partial charge in [0, 0.05) is 9.35 Å². The van der Waals surface area contributed by atoms with Gasteiger partial charge in [-0.1, -0.05) is 54.0 Å². The van der Waals surface area contributed by atoms with E-state index in [9.17, 15) is 4.79 Å². The summed E-state index contributed by atoms with van der Waals surface area (Å²) in [5.41, 5.74) is 2.53. The fraction of sp³-hybridized carbons (Fsp3) is 0.450. The van der Waals surface area contributed by atoms with E-state index in [1.165, 1.54) is 15.1 Å². The fourth-order valence-corrected chi connectivity index (χ4v) is 5.46. The van der Waals surface area contributed by atoms with E-state index >= 15 is 0 Å². The van der Waals surface area contributed by atoms with Gasteiger partial charge >= 0.3 is 0 Å². The van der Waals surface area contributed by atoms with Crippen molar-refractivity contribution in [3.63, 3.8) is 0 Å². The molecule has 4 nitrogen and oxygen atoms in total. The molecule has 136 valence electrons. The van der Waals surface area contributed by atoms with Gasteiger partial charge < -0.3 is 0 Å². The Balaban J connectivity index is 1.74. The lowest BCUT2D eigenvalue weighted by Gasteiger charge is -2.33. The van der Waals surface area contributed by atoms with Crippen LogP contribution in [0.5, 0.6) is 0 Å². The maximum Gasteiger partial charge on any atom is 0.279 e. The molecule has 1 aliphatic carbocycles. The number of thiophene rings is 1. The third-order valence-electron chi connectivity index (χ3n) is 5.38. The summed E-state index contributed by atoms with van der Waals surface area (Å²) in [5, 5.41) is 9.36. The quantitative estimate of drug-likeness (QED) is 0.584. The van der Waals surface area contributed by atoms with Gasteiger partial charge in [0.05, 0.1) is 11.9 Å². The summed E-state index contributed by atoms with van der Waals surface area (Å²) >= 11 is 5.13. The van der Waals surface area contributed by atoms with Crippen LogP contribution in [0.15, 0.2) is 33.5 Å². The first kappa shape index (κ1) is 17.9. The standard InChI is InChI=1S/C20H22BrN3OS/c1-20(2,3)13-7-8-15-16(10-13)26-18-17(15)19(25)24(23-22-18)11-12-5-4-6-14(21)9-12/h4-6,9,13H,7-8,10-11H2,1-3H3/t13-/m1/s1. The monoisotopic (exact) mass is 431 g/mol. The van der Waals surface area contributed by atoms with Gasteiger partial charge in [0.15, 0.2) is 4.83 Å². The van der Waals surface area contributed by atoms with Crippen molar-refractivity contribution in [2.24, 2.45) is 11.3 Å². The molecule has 26 heavy (non-hydrogen) atoms. The number of hydrogen-bond donors (Lipinski definition) is 0. The second kappa shape index (κ2) is 6.57. The molecule has 0 radical (unpaired) electrons. The molecular weight excluding hydrogens is 410 g/mol. The Morgan fingerprint density at radius 1 is 1.35 bits per heavy atom. The van der Waals surface area contributed by atoms with Crippen LogP contribution in [0, 0.1) is 11.3 Å². The Bertz CT molecular complexity index is 1030. The summed E-state index contributed by atoms with van der Waals surface area (Å²) in [6.45, 7) is 7.36. The van der Waals surface area contributed by atoms with Crippen molar-refractivity contribution in [1.29, 1.82) is 0 Å². The first-order valence-electron chi connectivity index (χ1n) is 8.95. The molecule has 3 aromatic rings. The number of halogens is 1. The van der Waals surface area contributed by atoms with Crippen LogP contribution in [-0.2, 0) is 19.4 Å². The Labute approximate surface area is 165 Å². The minimum atomic E-state index is -0.0123. The lowest BCUT2D eigenvalue weighted by molar-refractivity contribution is 0.218. The van der Waals surface area contributed by atoms with E-state index in [2.05, 4.69) is 47.0 Å². The number of rotatable bonds is 2. The highest BCUT2D eigenvalue weighted by atomic mass is 79.9. The maximum absolute atomic E-state index is 13.1. The maximum atomic E-state index is 13.1. The molecule has 0 spiro atoms. The topological polar surface area (TPSA) is 47.8 Å². The van der Waals surface area contributed by atoms with Gasteiger partial charge in [0.25, 0.3) is 5.56 Å². The van der Waals surface area contributed by atoms with Gasteiger partial charge in [0.1, 0.15) is 0 Å². The normalized spacial score (nSPS) is 17.5. The number of benzene rings is 1. The van der Waals surface area contributed by atoms with E-state index in [4.69, 9.17) is 0 Å². The lowest BCUT2D eigenvalue weighted by Crippen LogP contribution is -2.28. The molecule has 2 aromatic heterocycles.